The van der Waals surface area contributed by atoms with Crippen LogP contribution in [0.5, 0.6) is 11.5 Å². The van der Waals surface area contributed by atoms with Gasteiger partial charge in [0.25, 0.3) is 0 Å². The summed E-state index contributed by atoms with van der Waals surface area (Å²) in [6.45, 7) is 2.10. The third-order valence-corrected chi connectivity index (χ3v) is 8.09. The number of fused-ring (bicyclic) bond motifs is 1. The van der Waals surface area contributed by atoms with Crippen molar-refractivity contribution in [2.75, 3.05) is 14.2 Å². The molecule has 1 aromatic heterocycles. The van der Waals surface area contributed by atoms with Crippen molar-refractivity contribution in [3.05, 3.63) is 42.0 Å². The number of amides is 1. The Hall–Kier alpha value is -3.02. The van der Waals surface area contributed by atoms with Crippen LogP contribution in [0.3, 0.4) is 0 Å². The number of hydrogen-bond acceptors (Lipinski definition) is 4. The van der Waals surface area contributed by atoms with Crippen LogP contribution < -0.4 is 14.8 Å². The summed E-state index contributed by atoms with van der Waals surface area (Å²) in [5.74, 6) is 2.63. The number of carbonyl (C=O) groups excluding carboxylic acids is 1. The Morgan fingerprint density at radius 1 is 0.944 bits per heavy atom. The molecule has 36 heavy (non-hydrogen) atoms. The lowest BCUT2D eigenvalue weighted by molar-refractivity contribution is -0.127. The molecular weight excluding hydrogens is 450 g/mol. The lowest BCUT2D eigenvalue weighted by Crippen LogP contribution is -2.43. The highest BCUT2D eigenvalue weighted by atomic mass is 16.5. The average Bonchev–Trinajstić information content (AvgIpc) is 3.27. The molecule has 3 aromatic rings. The summed E-state index contributed by atoms with van der Waals surface area (Å²) >= 11 is 0. The van der Waals surface area contributed by atoms with Crippen LogP contribution in [-0.4, -0.2) is 35.7 Å². The fraction of sp³-hybridized carbons (Fsp3) is 0.533. The van der Waals surface area contributed by atoms with Gasteiger partial charge in [0.15, 0.2) is 0 Å². The largest absolute Gasteiger partial charge is 0.497 e. The zero-order valence-electron chi connectivity index (χ0n) is 21.9. The molecule has 1 atom stereocenters. The summed E-state index contributed by atoms with van der Waals surface area (Å²) in [6.07, 6.45) is 11.5. The van der Waals surface area contributed by atoms with Crippen molar-refractivity contribution >= 4 is 16.9 Å². The Bertz CT molecular complexity index is 1210. The van der Waals surface area contributed by atoms with Crippen LogP contribution in [0.15, 0.2) is 36.4 Å². The molecule has 1 amide bonds. The summed E-state index contributed by atoms with van der Waals surface area (Å²) in [5.41, 5.74) is 3.95. The van der Waals surface area contributed by atoms with Gasteiger partial charge in [0, 0.05) is 12.1 Å². The van der Waals surface area contributed by atoms with Crippen LogP contribution in [0.1, 0.15) is 75.8 Å². The summed E-state index contributed by atoms with van der Waals surface area (Å²) in [5, 5.41) is 3.47. The molecule has 0 aliphatic heterocycles. The van der Waals surface area contributed by atoms with Crippen molar-refractivity contribution in [3.8, 4) is 22.9 Å². The third kappa shape index (κ3) is 4.95. The van der Waals surface area contributed by atoms with E-state index >= 15 is 0 Å². The van der Waals surface area contributed by atoms with E-state index in [1.165, 1.54) is 38.5 Å². The second kappa shape index (κ2) is 10.9. The molecular formula is C30H39N3O3. The van der Waals surface area contributed by atoms with E-state index in [0.717, 1.165) is 59.4 Å². The van der Waals surface area contributed by atoms with E-state index in [1.54, 1.807) is 14.2 Å². The fourth-order valence-electron chi connectivity index (χ4n) is 6.18. The van der Waals surface area contributed by atoms with Gasteiger partial charge in [-0.25, -0.2) is 4.98 Å². The first-order valence-corrected chi connectivity index (χ1v) is 13.6. The summed E-state index contributed by atoms with van der Waals surface area (Å²) in [4.78, 5) is 19.3. The topological polar surface area (TPSA) is 65.4 Å². The fourth-order valence-corrected chi connectivity index (χ4v) is 6.18. The zero-order valence-corrected chi connectivity index (χ0v) is 21.9. The molecule has 0 spiro atoms. The minimum Gasteiger partial charge on any atom is -0.497 e. The molecule has 6 nitrogen and oxygen atoms in total. The number of hydrogen-bond donors (Lipinski definition) is 1. The van der Waals surface area contributed by atoms with Gasteiger partial charge >= 0.3 is 0 Å². The van der Waals surface area contributed by atoms with Crippen molar-refractivity contribution < 1.29 is 14.3 Å². The lowest BCUT2D eigenvalue weighted by atomic mass is 9.82. The maximum absolute atomic E-state index is 14.2. The van der Waals surface area contributed by atoms with Gasteiger partial charge in [-0.1, -0.05) is 44.6 Å². The van der Waals surface area contributed by atoms with Crippen molar-refractivity contribution in [2.24, 2.45) is 5.92 Å². The van der Waals surface area contributed by atoms with E-state index < -0.39 is 0 Å². The van der Waals surface area contributed by atoms with Gasteiger partial charge in [-0.05, 0) is 68.4 Å². The predicted octanol–water partition coefficient (Wildman–Crippen LogP) is 6.60. The van der Waals surface area contributed by atoms with Crippen LogP contribution >= 0.6 is 0 Å². The van der Waals surface area contributed by atoms with Crippen LogP contribution in [0.2, 0.25) is 0 Å². The average molecular weight is 490 g/mol. The molecule has 1 heterocycles. The molecule has 1 N–H and O–H groups in total. The Kier molecular flexibility index (Phi) is 7.49. The monoisotopic (exact) mass is 489 g/mol. The van der Waals surface area contributed by atoms with E-state index in [1.807, 2.05) is 18.2 Å². The molecule has 0 saturated heterocycles. The Morgan fingerprint density at radius 2 is 1.67 bits per heavy atom. The molecule has 2 aromatic carbocycles. The highest BCUT2D eigenvalue weighted by Crippen LogP contribution is 2.41. The van der Waals surface area contributed by atoms with Gasteiger partial charge in [-0.15, -0.1) is 0 Å². The maximum Gasteiger partial charge on any atom is 0.243 e. The SMILES string of the molecule is COc1ccc(-c2nc3ccc(C)cc3n2C(C(=O)NC2CCCCC2)C2CCCCC2)c(OC)c1. The van der Waals surface area contributed by atoms with E-state index in [0.29, 0.717) is 5.75 Å². The second-order valence-electron chi connectivity index (χ2n) is 10.6. The van der Waals surface area contributed by atoms with E-state index in [9.17, 15) is 4.79 Å². The first-order chi connectivity index (χ1) is 17.6. The van der Waals surface area contributed by atoms with Gasteiger partial charge in [0.2, 0.25) is 5.91 Å². The predicted molar refractivity (Wildman–Crippen MR) is 144 cm³/mol. The number of benzene rings is 2. The lowest BCUT2D eigenvalue weighted by Gasteiger charge is -2.34. The minimum absolute atomic E-state index is 0.142. The molecule has 0 bridgehead atoms. The second-order valence-corrected chi connectivity index (χ2v) is 10.6. The first-order valence-electron chi connectivity index (χ1n) is 13.6. The van der Waals surface area contributed by atoms with Crippen molar-refractivity contribution in [2.45, 2.75) is 83.2 Å². The highest BCUT2D eigenvalue weighted by Gasteiger charge is 2.36. The van der Waals surface area contributed by atoms with E-state index in [-0.39, 0.29) is 23.9 Å². The molecule has 2 fully saturated rings. The number of carbonyl (C=O) groups is 1. The van der Waals surface area contributed by atoms with Crippen LogP contribution in [0, 0.1) is 12.8 Å². The molecule has 1 unspecified atom stereocenters. The molecule has 2 aliphatic rings. The van der Waals surface area contributed by atoms with Crippen LogP contribution in [0.25, 0.3) is 22.4 Å². The van der Waals surface area contributed by atoms with E-state index in [4.69, 9.17) is 14.5 Å². The normalized spacial score (nSPS) is 18.2. The van der Waals surface area contributed by atoms with Gasteiger partial charge in [-0.2, -0.15) is 0 Å². The number of nitrogens with zero attached hydrogens (tertiary/aromatic N) is 2. The maximum atomic E-state index is 14.2. The number of aryl methyl sites for hydroxylation is 1. The minimum atomic E-state index is -0.305. The molecule has 2 saturated carbocycles. The molecule has 192 valence electrons. The van der Waals surface area contributed by atoms with Gasteiger partial charge in [0.1, 0.15) is 23.4 Å². The van der Waals surface area contributed by atoms with Gasteiger partial charge < -0.3 is 19.4 Å². The highest BCUT2D eigenvalue weighted by molar-refractivity contribution is 5.88. The Labute approximate surface area is 214 Å². The number of nitrogens with one attached hydrogen (secondary N) is 1. The summed E-state index contributed by atoms with van der Waals surface area (Å²) in [7, 11) is 3.32. The number of aromatic nitrogens is 2. The van der Waals surface area contributed by atoms with Crippen molar-refractivity contribution in [1.82, 2.24) is 14.9 Å². The Morgan fingerprint density at radius 3 is 2.36 bits per heavy atom. The third-order valence-electron chi connectivity index (χ3n) is 8.09. The number of methoxy groups -OCH3 is 2. The van der Waals surface area contributed by atoms with Crippen molar-refractivity contribution in [1.29, 1.82) is 0 Å². The summed E-state index contributed by atoms with van der Waals surface area (Å²) in [6, 6.07) is 12.1. The molecule has 2 aliphatic carbocycles. The quantitative estimate of drug-likeness (QED) is 0.406. The van der Waals surface area contributed by atoms with E-state index in [2.05, 4.69) is 35.0 Å². The molecule has 0 radical (unpaired) electrons. The number of imidazole rings is 1. The van der Waals surface area contributed by atoms with Crippen molar-refractivity contribution in [3.63, 3.8) is 0 Å². The number of rotatable bonds is 7. The molecule has 6 heteroatoms. The standard InChI is InChI=1S/C30H39N3O3/c1-20-14-17-25-26(18-20)33(29(32-25)24-16-15-23(35-2)19-27(24)36-3)28(21-10-6-4-7-11-21)30(34)31-22-12-8-5-9-13-22/h14-19,21-22,28H,4-13H2,1-3H3,(H,31,34). The molecule has 5 rings (SSSR count). The zero-order chi connectivity index (χ0) is 25.1. The first kappa shape index (κ1) is 24.7. The van der Waals surface area contributed by atoms with Crippen LogP contribution in [0.4, 0.5) is 0 Å². The smallest absolute Gasteiger partial charge is 0.243 e. The number of ether oxygens (including phenoxy) is 2. The Balaban J connectivity index is 1.67. The van der Waals surface area contributed by atoms with Crippen LogP contribution in [-0.2, 0) is 4.79 Å². The summed E-state index contributed by atoms with van der Waals surface area (Å²) < 4.78 is 13.5. The van der Waals surface area contributed by atoms with Gasteiger partial charge in [-0.3, -0.25) is 4.79 Å². The van der Waals surface area contributed by atoms with Gasteiger partial charge in [0.05, 0.1) is 30.8 Å².